The average Bonchev–Trinajstić information content (AvgIpc) is 2.78. The zero-order chi connectivity index (χ0) is 23.7. The van der Waals surface area contributed by atoms with Gasteiger partial charge in [0.1, 0.15) is 6.04 Å². The molecule has 0 heterocycles. The van der Waals surface area contributed by atoms with Gasteiger partial charge in [-0.05, 0) is 43.5 Å². The van der Waals surface area contributed by atoms with E-state index < -0.39 is 16.9 Å². The number of hydrogen-bond donors (Lipinski definition) is 2. The third-order valence-electron chi connectivity index (χ3n) is 5.03. The van der Waals surface area contributed by atoms with Crippen LogP contribution in [0.4, 0.5) is 5.69 Å². The quantitative estimate of drug-likeness (QED) is 0.407. The molecule has 1 atom stereocenters. The molecule has 0 aliphatic heterocycles. The van der Waals surface area contributed by atoms with Crippen LogP contribution in [0.15, 0.2) is 36.4 Å². The molecule has 0 aromatic heterocycles. The molecule has 0 fully saturated rings. The van der Waals surface area contributed by atoms with Crippen LogP contribution in [0.1, 0.15) is 41.3 Å². The van der Waals surface area contributed by atoms with E-state index in [1.54, 1.807) is 27.2 Å². The highest BCUT2D eigenvalue weighted by molar-refractivity contribution is 5.98. The fraction of sp³-hybridized carbons (Fsp3) is 0.391. The number of methoxy groups -OCH3 is 2. The number of hydrogen-bond acceptors (Lipinski definition) is 6. The maximum absolute atomic E-state index is 12.7. The Morgan fingerprint density at radius 3 is 2.44 bits per heavy atom. The van der Waals surface area contributed by atoms with E-state index in [0.29, 0.717) is 42.9 Å². The van der Waals surface area contributed by atoms with E-state index in [0.717, 1.165) is 5.56 Å². The van der Waals surface area contributed by atoms with E-state index in [2.05, 4.69) is 10.6 Å². The number of carbonyl (C=O) groups excluding carboxylic acids is 2. The van der Waals surface area contributed by atoms with Gasteiger partial charge in [-0.25, -0.2) is 0 Å². The van der Waals surface area contributed by atoms with Gasteiger partial charge in [0.05, 0.1) is 19.1 Å². The number of rotatable bonds is 11. The van der Waals surface area contributed by atoms with Crippen molar-refractivity contribution in [1.82, 2.24) is 10.6 Å². The third-order valence-corrected chi connectivity index (χ3v) is 5.03. The predicted molar refractivity (Wildman–Crippen MR) is 120 cm³/mol. The van der Waals surface area contributed by atoms with Crippen LogP contribution >= 0.6 is 0 Å². The molecule has 0 aliphatic carbocycles. The van der Waals surface area contributed by atoms with E-state index in [1.165, 1.54) is 18.2 Å². The number of nitrogens with zero attached hydrogens (tertiary/aromatic N) is 1. The number of nitro groups is 1. The number of nitrogens with one attached hydrogen (secondary N) is 2. The van der Waals surface area contributed by atoms with Crippen LogP contribution in [0.2, 0.25) is 0 Å². The molecule has 172 valence electrons. The van der Waals surface area contributed by atoms with Gasteiger partial charge in [0, 0.05) is 23.7 Å². The average molecular weight is 444 g/mol. The minimum absolute atomic E-state index is 0.135. The molecule has 0 spiro atoms. The largest absolute Gasteiger partial charge is 0.493 e. The molecule has 0 bridgehead atoms. The van der Waals surface area contributed by atoms with Crippen molar-refractivity contribution in [2.24, 2.45) is 0 Å². The molecular weight excluding hydrogens is 414 g/mol. The van der Waals surface area contributed by atoms with Gasteiger partial charge in [-0.2, -0.15) is 0 Å². The first-order chi connectivity index (χ1) is 15.3. The first-order valence-corrected chi connectivity index (χ1v) is 10.3. The number of aryl methyl sites for hydroxylation is 1. The van der Waals surface area contributed by atoms with Gasteiger partial charge in [-0.1, -0.05) is 25.5 Å². The van der Waals surface area contributed by atoms with Gasteiger partial charge in [-0.15, -0.1) is 0 Å². The van der Waals surface area contributed by atoms with E-state index in [1.807, 2.05) is 19.1 Å². The van der Waals surface area contributed by atoms with Gasteiger partial charge in [0.2, 0.25) is 5.91 Å². The fourth-order valence-electron chi connectivity index (χ4n) is 3.24. The Labute approximate surface area is 187 Å². The smallest absolute Gasteiger partial charge is 0.273 e. The zero-order valence-corrected chi connectivity index (χ0v) is 18.8. The minimum Gasteiger partial charge on any atom is -0.493 e. The lowest BCUT2D eigenvalue weighted by molar-refractivity contribution is -0.385. The summed E-state index contributed by atoms with van der Waals surface area (Å²) < 4.78 is 10.5. The molecule has 0 radical (unpaired) electrons. The molecule has 0 saturated heterocycles. The van der Waals surface area contributed by atoms with Crippen LogP contribution in [-0.2, 0) is 11.2 Å². The van der Waals surface area contributed by atoms with Gasteiger partial charge in [0.15, 0.2) is 11.5 Å². The molecular formula is C23H29N3O6. The number of ether oxygens (including phenoxy) is 2. The summed E-state index contributed by atoms with van der Waals surface area (Å²) in [5.41, 5.74) is 1.43. The van der Waals surface area contributed by atoms with Gasteiger partial charge in [0.25, 0.3) is 11.6 Å². The summed E-state index contributed by atoms with van der Waals surface area (Å²) in [6, 6.07) is 9.06. The highest BCUT2D eigenvalue weighted by atomic mass is 16.6. The number of carbonyl (C=O) groups is 2. The lowest BCUT2D eigenvalue weighted by atomic mass is 10.1. The molecule has 2 N–H and O–H groups in total. The third kappa shape index (κ3) is 6.44. The van der Waals surface area contributed by atoms with Gasteiger partial charge < -0.3 is 20.1 Å². The Hall–Kier alpha value is -3.62. The molecule has 1 unspecified atom stereocenters. The highest BCUT2D eigenvalue weighted by Crippen LogP contribution is 2.27. The summed E-state index contributed by atoms with van der Waals surface area (Å²) in [4.78, 5) is 35.9. The van der Waals surface area contributed by atoms with Crippen molar-refractivity contribution in [2.75, 3.05) is 20.8 Å². The predicted octanol–water partition coefficient (Wildman–Crippen LogP) is 3.18. The number of nitro benzene ring substituents is 1. The molecule has 0 saturated carbocycles. The summed E-state index contributed by atoms with van der Waals surface area (Å²) in [6.45, 7) is 3.89. The molecule has 9 heteroatoms. The first kappa shape index (κ1) is 24.6. The Morgan fingerprint density at radius 2 is 1.81 bits per heavy atom. The Morgan fingerprint density at radius 1 is 1.09 bits per heavy atom. The second-order valence-electron chi connectivity index (χ2n) is 7.30. The summed E-state index contributed by atoms with van der Waals surface area (Å²) in [6.07, 6.45) is 1.70. The van der Waals surface area contributed by atoms with Crippen LogP contribution in [-0.4, -0.2) is 43.5 Å². The van der Waals surface area contributed by atoms with Crippen molar-refractivity contribution in [1.29, 1.82) is 0 Å². The lowest BCUT2D eigenvalue weighted by Gasteiger charge is -2.18. The topological polar surface area (TPSA) is 120 Å². The Balaban J connectivity index is 1.99. The number of amides is 2. The Kier molecular flexibility index (Phi) is 9.00. The summed E-state index contributed by atoms with van der Waals surface area (Å²) in [5.74, 6) is 0.408. The van der Waals surface area contributed by atoms with Crippen molar-refractivity contribution >= 4 is 17.5 Å². The fourth-order valence-corrected chi connectivity index (χ4v) is 3.24. The van der Waals surface area contributed by atoms with E-state index in [9.17, 15) is 19.7 Å². The van der Waals surface area contributed by atoms with Crippen molar-refractivity contribution in [3.8, 4) is 11.5 Å². The molecule has 9 nitrogen and oxygen atoms in total. The summed E-state index contributed by atoms with van der Waals surface area (Å²) >= 11 is 0. The van der Waals surface area contributed by atoms with Crippen molar-refractivity contribution in [3.05, 3.63) is 63.2 Å². The molecule has 2 rings (SSSR count). The highest BCUT2D eigenvalue weighted by Gasteiger charge is 2.22. The van der Waals surface area contributed by atoms with Crippen molar-refractivity contribution < 1.29 is 24.0 Å². The molecule has 2 aromatic carbocycles. The minimum atomic E-state index is -0.738. The van der Waals surface area contributed by atoms with Crippen LogP contribution in [0, 0.1) is 17.0 Å². The normalized spacial score (nSPS) is 11.4. The maximum Gasteiger partial charge on any atom is 0.273 e. The van der Waals surface area contributed by atoms with Crippen LogP contribution in [0.5, 0.6) is 11.5 Å². The SMILES string of the molecule is CCCC(NC(=O)c1ccc(C)c([N+](=O)[O-])c1)C(=O)NCCc1ccc(OC)c(OC)c1. The van der Waals surface area contributed by atoms with Crippen molar-refractivity contribution in [3.63, 3.8) is 0 Å². The molecule has 0 aliphatic rings. The summed E-state index contributed by atoms with van der Waals surface area (Å²) in [5, 5.41) is 16.7. The van der Waals surface area contributed by atoms with Gasteiger partial charge in [-0.3, -0.25) is 19.7 Å². The van der Waals surface area contributed by atoms with Crippen LogP contribution < -0.4 is 20.1 Å². The summed E-state index contributed by atoms with van der Waals surface area (Å²) in [7, 11) is 3.12. The molecule has 2 amide bonds. The van der Waals surface area contributed by atoms with Crippen LogP contribution in [0.25, 0.3) is 0 Å². The number of benzene rings is 2. The standard InChI is InChI=1S/C23H29N3O6/c1-5-6-18(25-22(27)17-9-7-15(2)19(14-17)26(29)30)23(28)24-12-11-16-8-10-20(31-3)21(13-16)32-4/h7-10,13-14,18H,5-6,11-12H2,1-4H3,(H,24,28)(H,25,27). The zero-order valence-electron chi connectivity index (χ0n) is 18.8. The monoisotopic (exact) mass is 443 g/mol. The second kappa shape index (κ2) is 11.7. The molecule has 32 heavy (non-hydrogen) atoms. The first-order valence-electron chi connectivity index (χ1n) is 10.3. The van der Waals surface area contributed by atoms with Crippen LogP contribution in [0.3, 0.4) is 0 Å². The van der Waals surface area contributed by atoms with E-state index in [-0.39, 0.29) is 17.2 Å². The lowest BCUT2D eigenvalue weighted by Crippen LogP contribution is -2.47. The van der Waals surface area contributed by atoms with Crippen molar-refractivity contribution in [2.45, 2.75) is 39.2 Å². The molecule has 2 aromatic rings. The van der Waals surface area contributed by atoms with Gasteiger partial charge >= 0.3 is 0 Å². The second-order valence-corrected chi connectivity index (χ2v) is 7.30. The van der Waals surface area contributed by atoms with E-state index >= 15 is 0 Å². The van der Waals surface area contributed by atoms with E-state index in [4.69, 9.17) is 9.47 Å². The maximum atomic E-state index is 12.7. The Bertz CT molecular complexity index is 976.